The number of furan rings is 1. The summed E-state index contributed by atoms with van der Waals surface area (Å²) in [5.74, 6) is 0.996. The summed E-state index contributed by atoms with van der Waals surface area (Å²) < 4.78 is 10.7. The van der Waals surface area contributed by atoms with E-state index in [4.69, 9.17) is 9.15 Å². The lowest BCUT2D eigenvalue weighted by atomic mass is 10.1. The molecule has 156 valence electrons. The van der Waals surface area contributed by atoms with E-state index in [0.717, 1.165) is 17.9 Å². The molecule has 1 aromatic carbocycles. The van der Waals surface area contributed by atoms with Crippen LogP contribution in [0, 0.1) is 5.92 Å². The first-order valence-corrected chi connectivity index (χ1v) is 10.8. The van der Waals surface area contributed by atoms with Gasteiger partial charge in [0, 0.05) is 36.1 Å². The second kappa shape index (κ2) is 9.17. The van der Waals surface area contributed by atoms with E-state index in [-0.39, 0.29) is 24.2 Å². The molecule has 2 amide bonds. The SMILES string of the molecule is COc1cccc(N2C[C@@H](C(=O)N(CCc3cccs3)Cc3ccco3)CC2=O)c1. The minimum absolute atomic E-state index is 0.0123. The van der Waals surface area contributed by atoms with Crippen LogP contribution in [0.5, 0.6) is 5.75 Å². The first kappa shape index (κ1) is 20.2. The molecule has 6 nitrogen and oxygen atoms in total. The van der Waals surface area contributed by atoms with E-state index < -0.39 is 0 Å². The Morgan fingerprint density at radius 1 is 1.27 bits per heavy atom. The summed E-state index contributed by atoms with van der Waals surface area (Å²) in [5, 5.41) is 2.04. The van der Waals surface area contributed by atoms with Crippen molar-refractivity contribution in [3.63, 3.8) is 0 Å². The molecule has 4 rings (SSSR count). The number of nitrogens with zero attached hydrogens (tertiary/aromatic N) is 2. The Hall–Kier alpha value is -3.06. The van der Waals surface area contributed by atoms with Crippen molar-refractivity contribution in [1.29, 1.82) is 0 Å². The summed E-state index contributed by atoms with van der Waals surface area (Å²) in [4.78, 5) is 30.7. The number of methoxy groups -OCH3 is 1. The zero-order valence-electron chi connectivity index (χ0n) is 16.8. The van der Waals surface area contributed by atoms with Crippen LogP contribution in [0.2, 0.25) is 0 Å². The Morgan fingerprint density at radius 2 is 2.17 bits per heavy atom. The average Bonchev–Trinajstić information content (AvgIpc) is 3.53. The van der Waals surface area contributed by atoms with Gasteiger partial charge in [-0.15, -0.1) is 11.3 Å². The molecule has 1 aliphatic rings. The molecule has 0 spiro atoms. The van der Waals surface area contributed by atoms with Crippen LogP contribution in [0.15, 0.2) is 64.6 Å². The topological polar surface area (TPSA) is 63.0 Å². The molecule has 30 heavy (non-hydrogen) atoms. The highest BCUT2D eigenvalue weighted by Crippen LogP contribution is 2.29. The van der Waals surface area contributed by atoms with Crippen molar-refractivity contribution in [2.24, 2.45) is 5.92 Å². The molecule has 1 saturated heterocycles. The van der Waals surface area contributed by atoms with E-state index in [0.29, 0.717) is 25.4 Å². The summed E-state index contributed by atoms with van der Waals surface area (Å²) >= 11 is 1.68. The number of carbonyl (C=O) groups excluding carboxylic acids is 2. The average molecular weight is 425 g/mol. The lowest BCUT2D eigenvalue weighted by Crippen LogP contribution is -2.38. The highest BCUT2D eigenvalue weighted by molar-refractivity contribution is 7.09. The van der Waals surface area contributed by atoms with Gasteiger partial charge in [-0.2, -0.15) is 0 Å². The van der Waals surface area contributed by atoms with Crippen molar-refractivity contribution in [2.75, 3.05) is 25.1 Å². The molecule has 1 aliphatic heterocycles. The van der Waals surface area contributed by atoms with Crippen LogP contribution >= 0.6 is 11.3 Å². The molecular weight excluding hydrogens is 400 g/mol. The number of rotatable bonds is 8. The Morgan fingerprint density at radius 3 is 2.90 bits per heavy atom. The number of hydrogen-bond acceptors (Lipinski definition) is 5. The van der Waals surface area contributed by atoms with Crippen molar-refractivity contribution >= 4 is 28.8 Å². The standard InChI is InChI=1S/C23H24N2O4S/c1-28-19-6-2-5-18(14-19)25-15-17(13-22(25)26)23(27)24(16-20-7-3-11-29-20)10-9-21-8-4-12-30-21/h2-8,11-12,14,17H,9-10,13,15-16H2,1H3/t17-/m0/s1. The summed E-state index contributed by atoms with van der Waals surface area (Å²) in [6.45, 7) is 1.36. The molecule has 1 fully saturated rings. The Balaban J connectivity index is 1.48. The summed E-state index contributed by atoms with van der Waals surface area (Å²) in [7, 11) is 1.59. The lowest BCUT2D eigenvalue weighted by molar-refractivity contribution is -0.136. The van der Waals surface area contributed by atoms with Gasteiger partial charge in [-0.3, -0.25) is 9.59 Å². The van der Waals surface area contributed by atoms with Gasteiger partial charge in [-0.25, -0.2) is 0 Å². The van der Waals surface area contributed by atoms with Crippen molar-refractivity contribution < 1.29 is 18.7 Å². The molecule has 0 aliphatic carbocycles. The second-order valence-electron chi connectivity index (χ2n) is 7.28. The van der Waals surface area contributed by atoms with Gasteiger partial charge in [0.25, 0.3) is 0 Å². The molecule has 0 radical (unpaired) electrons. The molecule has 0 N–H and O–H groups in total. The van der Waals surface area contributed by atoms with Gasteiger partial charge in [0.15, 0.2) is 0 Å². The van der Waals surface area contributed by atoms with Crippen LogP contribution in [0.3, 0.4) is 0 Å². The van der Waals surface area contributed by atoms with Crippen molar-refractivity contribution in [3.05, 3.63) is 70.8 Å². The first-order valence-electron chi connectivity index (χ1n) is 9.92. The Kier molecular flexibility index (Phi) is 6.18. The molecule has 0 unspecified atom stereocenters. The van der Waals surface area contributed by atoms with E-state index in [1.165, 1.54) is 4.88 Å². The number of benzene rings is 1. The number of carbonyl (C=O) groups is 2. The van der Waals surface area contributed by atoms with Gasteiger partial charge < -0.3 is 19.0 Å². The highest BCUT2D eigenvalue weighted by Gasteiger charge is 2.37. The molecule has 7 heteroatoms. The fourth-order valence-electron chi connectivity index (χ4n) is 3.72. The maximum absolute atomic E-state index is 13.4. The number of thiophene rings is 1. The van der Waals surface area contributed by atoms with Crippen LogP contribution in [-0.2, 0) is 22.6 Å². The number of hydrogen-bond donors (Lipinski definition) is 0. The fraction of sp³-hybridized carbons (Fsp3) is 0.304. The predicted octanol–water partition coefficient (Wildman–Crippen LogP) is 3.97. The van der Waals surface area contributed by atoms with Crippen LogP contribution in [0.4, 0.5) is 5.69 Å². The zero-order chi connectivity index (χ0) is 20.9. The largest absolute Gasteiger partial charge is 0.497 e. The third-order valence-corrected chi connectivity index (χ3v) is 6.22. The van der Waals surface area contributed by atoms with E-state index >= 15 is 0 Å². The van der Waals surface area contributed by atoms with Crippen LogP contribution in [-0.4, -0.2) is 36.9 Å². The normalized spacial score (nSPS) is 16.1. The lowest BCUT2D eigenvalue weighted by Gasteiger charge is -2.25. The van der Waals surface area contributed by atoms with Crippen LogP contribution in [0.25, 0.3) is 0 Å². The van der Waals surface area contributed by atoms with Crippen LogP contribution < -0.4 is 9.64 Å². The van der Waals surface area contributed by atoms with E-state index in [1.54, 1.807) is 29.6 Å². The van der Waals surface area contributed by atoms with Gasteiger partial charge in [0.05, 0.1) is 25.8 Å². The fourth-order valence-corrected chi connectivity index (χ4v) is 4.42. The Bertz CT molecular complexity index is 985. The predicted molar refractivity (Wildman–Crippen MR) is 116 cm³/mol. The quantitative estimate of drug-likeness (QED) is 0.549. The van der Waals surface area contributed by atoms with E-state index in [2.05, 4.69) is 6.07 Å². The van der Waals surface area contributed by atoms with Crippen LogP contribution in [0.1, 0.15) is 17.1 Å². The van der Waals surface area contributed by atoms with Gasteiger partial charge in [0.1, 0.15) is 11.5 Å². The van der Waals surface area contributed by atoms with Crippen molar-refractivity contribution in [3.8, 4) is 5.75 Å². The summed E-state index contributed by atoms with van der Waals surface area (Å²) in [6.07, 6.45) is 2.61. The molecule has 0 saturated carbocycles. The van der Waals surface area contributed by atoms with E-state index in [9.17, 15) is 9.59 Å². The monoisotopic (exact) mass is 424 g/mol. The minimum atomic E-state index is -0.373. The smallest absolute Gasteiger partial charge is 0.228 e. The molecule has 2 aromatic heterocycles. The maximum atomic E-state index is 13.4. The molecule has 0 bridgehead atoms. The number of anilines is 1. The Labute approximate surface area is 179 Å². The van der Waals surface area contributed by atoms with Gasteiger partial charge in [0.2, 0.25) is 11.8 Å². The third kappa shape index (κ3) is 4.57. The number of amides is 2. The van der Waals surface area contributed by atoms with Gasteiger partial charge >= 0.3 is 0 Å². The second-order valence-corrected chi connectivity index (χ2v) is 8.31. The summed E-state index contributed by atoms with van der Waals surface area (Å²) in [6, 6.07) is 15.1. The molecule has 1 atom stereocenters. The van der Waals surface area contributed by atoms with E-state index in [1.807, 2.05) is 52.7 Å². The van der Waals surface area contributed by atoms with Gasteiger partial charge in [-0.1, -0.05) is 12.1 Å². The first-order chi connectivity index (χ1) is 14.6. The summed E-state index contributed by atoms with van der Waals surface area (Å²) in [5.41, 5.74) is 0.755. The molecule has 3 heterocycles. The van der Waals surface area contributed by atoms with Crippen molar-refractivity contribution in [1.82, 2.24) is 4.90 Å². The molecule has 3 aromatic rings. The third-order valence-electron chi connectivity index (χ3n) is 5.29. The van der Waals surface area contributed by atoms with Gasteiger partial charge in [-0.05, 0) is 42.1 Å². The maximum Gasteiger partial charge on any atom is 0.228 e. The van der Waals surface area contributed by atoms with Crippen molar-refractivity contribution in [2.45, 2.75) is 19.4 Å². The zero-order valence-corrected chi connectivity index (χ0v) is 17.6. The highest BCUT2D eigenvalue weighted by atomic mass is 32.1. The minimum Gasteiger partial charge on any atom is -0.497 e. The molecular formula is C23H24N2O4S. The number of ether oxygens (including phenoxy) is 1.